The van der Waals surface area contributed by atoms with Crippen LogP contribution in [-0.4, -0.2) is 26.2 Å². The summed E-state index contributed by atoms with van der Waals surface area (Å²) in [7, 11) is 2.75. The predicted octanol–water partition coefficient (Wildman–Crippen LogP) is 11.3. The van der Waals surface area contributed by atoms with Crippen LogP contribution in [0.4, 0.5) is 34.1 Å². The van der Waals surface area contributed by atoms with Crippen LogP contribution in [0, 0.1) is 13.8 Å². The fourth-order valence-corrected chi connectivity index (χ4v) is 6.08. The number of carbonyl (C=O) groups excluding carboxylic acids is 2. The van der Waals surface area contributed by atoms with Gasteiger partial charge < -0.3 is 19.3 Å². The molecule has 52 heavy (non-hydrogen) atoms. The molecule has 0 bridgehead atoms. The molecule has 6 heteroatoms. The van der Waals surface area contributed by atoms with Gasteiger partial charge in [-0.2, -0.15) is 0 Å². The number of para-hydroxylation sites is 2. The maximum atomic E-state index is 11.7. The molecule has 0 saturated heterocycles. The molecular weight excluding hydrogens is 645 g/mol. The Morgan fingerprint density at radius 3 is 1.10 bits per heavy atom. The van der Waals surface area contributed by atoms with Crippen LogP contribution in [0.1, 0.15) is 22.3 Å². The fraction of sp³-hybridized carbons (Fsp3) is 0.0870. The summed E-state index contributed by atoms with van der Waals surface area (Å²) in [6.45, 7) is 4.08. The molecule has 0 atom stereocenters. The third kappa shape index (κ3) is 8.20. The number of methoxy groups -OCH3 is 2. The van der Waals surface area contributed by atoms with E-state index in [1.165, 1.54) is 26.4 Å². The van der Waals surface area contributed by atoms with Gasteiger partial charge in [0.25, 0.3) is 0 Å². The predicted molar refractivity (Wildman–Crippen MR) is 213 cm³/mol. The van der Waals surface area contributed by atoms with Crippen LogP contribution in [0.25, 0.3) is 23.3 Å². The Morgan fingerprint density at radius 2 is 0.769 bits per heavy atom. The Hall–Kier alpha value is -6.66. The summed E-state index contributed by atoms with van der Waals surface area (Å²) >= 11 is 0. The van der Waals surface area contributed by atoms with Crippen LogP contribution in [-0.2, 0) is 19.1 Å². The highest BCUT2D eigenvalue weighted by molar-refractivity contribution is 5.89. The van der Waals surface area contributed by atoms with E-state index in [4.69, 9.17) is 9.47 Å². The Balaban J connectivity index is 1.29. The second-order valence-corrected chi connectivity index (χ2v) is 12.2. The van der Waals surface area contributed by atoms with Crippen molar-refractivity contribution in [2.45, 2.75) is 13.8 Å². The van der Waals surface area contributed by atoms with Crippen LogP contribution in [0.15, 0.2) is 158 Å². The smallest absolute Gasteiger partial charge is 0.330 e. The molecule has 258 valence electrons. The number of ether oxygens (including phenoxy) is 2. The van der Waals surface area contributed by atoms with Gasteiger partial charge in [-0.25, -0.2) is 9.59 Å². The van der Waals surface area contributed by atoms with Crippen molar-refractivity contribution < 1.29 is 19.1 Å². The molecule has 0 aliphatic heterocycles. The van der Waals surface area contributed by atoms with E-state index in [0.29, 0.717) is 0 Å². The van der Waals surface area contributed by atoms with Gasteiger partial charge in [0.15, 0.2) is 0 Å². The number of nitrogens with zero attached hydrogens (tertiary/aromatic N) is 2. The number of hydrogen-bond acceptors (Lipinski definition) is 6. The van der Waals surface area contributed by atoms with E-state index in [1.54, 1.807) is 12.2 Å². The molecule has 0 fully saturated rings. The van der Waals surface area contributed by atoms with Gasteiger partial charge in [0.05, 0.1) is 14.2 Å². The molecule has 0 unspecified atom stereocenters. The van der Waals surface area contributed by atoms with Crippen molar-refractivity contribution >= 4 is 58.2 Å². The van der Waals surface area contributed by atoms with E-state index in [1.807, 2.05) is 62.4 Å². The number of anilines is 6. The molecule has 0 aliphatic carbocycles. The summed E-state index contributed by atoms with van der Waals surface area (Å²) in [5, 5.41) is 0. The number of carbonyl (C=O) groups is 2. The van der Waals surface area contributed by atoms with E-state index in [-0.39, 0.29) is 11.9 Å². The fourth-order valence-electron chi connectivity index (χ4n) is 6.08. The number of benzene rings is 6. The lowest BCUT2D eigenvalue weighted by atomic mass is 10.0. The lowest BCUT2D eigenvalue weighted by molar-refractivity contribution is -0.135. The number of rotatable bonds is 11. The van der Waals surface area contributed by atoms with Crippen molar-refractivity contribution in [2.75, 3.05) is 24.0 Å². The second kappa shape index (κ2) is 16.4. The number of aryl methyl sites for hydroxylation is 2. The van der Waals surface area contributed by atoms with Crippen LogP contribution in [0.3, 0.4) is 0 Å². The summed E-state index contributed by atoms with van der Waals surface area (Å²) in [5.41, 5.74) is 12.4. The van der Waals surface area contributed by atoms with Crippen molar-refractivity contribution in [3.05, 3.63) is 180 Å². The average molecular weight is 685 g/mol. The third-order valence-corrected chi connectivity index (χ3v) is 8.84. The first kappa shape index (κ1) is 35.2. The van der Waals surface area contributed by atoms with Crippen molar-refractivity contribution in [1.29, 1.82) is 0 Å². The van der Waals surface area contributed by atoms with Crippen LogP contribution < -0.4 is 9.80 Å². The maximum Gasteiger partial charge on any atom is 0.330 e. The molecule has 0 aromatic heterocycles. The van der Waals surface area contributed by atoms with E-state index in [9.17, 15) is 9.59 Å². The number of esters is 2. The van der Waals surface area contributed by atoms with Gasteiger partial charge in [-0.3, -0.25) is 0 Å². The summed E-state index contributed by atoms with van der Waals surface area (Å²) in [6.07, 6.45) is 6.43. The molecule has 6 aromatic carbocycles. The molecule has 6 rings (SSSR count). The topological polar surface area (TPSA) is 59.1 Å². The molecule has 0 saturated carbocycles. The maximum absolute atomic E-state index is 11.7. The number of hydrogen-bond donors (Lipinski definition) is 0. The summed E-state index contributed by atoms with van der Waals surface area (Å²) in [4.78, 5) is 27.8. The largest absolute Gasteiger partial charge is 0.466 e. The highest BCUT2D eigenvalue weighted by Crippen LogP contribution is 2.39. The van der Waals surface area contributed by atoms with Crippen molar-refractivity contribution in [2.24, 2.45) is 0 Å². The average Bonchev–Trinajstić information content (AvgIpc) is 3.18. The van der Waals surface area contributed by atoms with Gasteiger partial charge in [-0.1, -0.05) is 72.8 Å². The highest BCUT2D eigenvalue weighted by atomic mass is 16.5. The Labute approximate surface area is 305 Å². The molecule has 0 heterocycles. The summed E-state index contributed by atoms with van der Waals surface area (Å²) in [5.74, 6) is -0.768. The van der Waals surface area contributed by atoms with Crippen LogP contribution in [0.2, 0.25) is 0 Å². The normalized spacial score (nSPS) is 11.1. The Kier molecular flexibility index (Phi) is 11.1. The van der Waals surface area contributed by atoms with Crippen molar-refractivity contribution in [1.82, 2.24) is 0 Å². The van der Waals surface area contributed by atoms with Crippen molar-refractivity contribution in [3.63, 3.8) is 0 Å². The zero-order valence-electron chi connectivity index (χ0n) is 29.7. The van der Waals surface area contributed by atoms with Gasteiger partial charge >= 0.3 is 11.9 Å². The highest BCUT2D eigenvalue weighted by Gasteiger charge is 2.16. The molecular formula is C46H40N2O4. The monoisotopic (exact) mass is 684 g/mol. The zero-order valence-corrected chi connectivity index (χ0v) is 29.7. The summed E-state index contributed by atoms with van der Waals surface area (Å²) in [6, 6.07) is 50.2. The minimum atomic E-state index is -0.384. The second-order valence-electron chi connectivity index (χ2n) is 12.2. The standard InChI is InChI=1S/C46H40N2O4/c1-33-31-43(27-15-35(33)21-29-45(49)51-3)47(39-11-7-5-8-12-39)41-23-17-37(18-24-41)38-19-25-42(26-20-38)48(40-13-9-6-10-14-40)44-28-16-36(34(2)32-44)22-30-46(50)52-4/h5-32H,1-4H3/b29-21+,30-22+. The minimum Gasteiger partial charge on any atom is -0.466 e. The molecule has 0 radical (unpaired) electrons. The van der Waals surface area contributed by atoms with Gasteiger partial charge in [0.1, 0.15) is 0 Å². The first-order valence-corrected chi connectivity index (χ1v) is 17.0. The van der Waals surface area contributed by atoms with Gasteiger partial charge in [0, 0.05) is 46.3 Å². The van der Waals surface area contributed by atoms with E-state index in [0.717, 1.165) is 67.5 Å². The van der Waals surface area contributed by atoms with E-state index in [2.05, 4.69) is 107 Å². The van der Waals surface area contributed by atoms with Crippen molar-refractivity contribution in [3.8, 4) is 11.1 Å². The Bertz CT molecular complexity index is 2050. The molecule has 0 aliphatic rings. The molecule has 0 N–H and O–H groups in total. The molecule has 0 spiro atoms. The molecule has 0 amide bonds. The van der Waals surface area contributed by atoms with Gasteiger partial charge in [-0.15, -0.1) is 0 Å². The third-order valence-electron chi connectivity index (χ3n) is 8.84. The van der Waals surface area contributed by atoms with Crippen LogP contribution >= 0.6 is 0 Å². The molecule has 6 aromatic rings. The first-order valence-electron chi connectivity index (χ1n) is 17.0. The van der Waals surface area contributed by atoms with Gasteiger partial charge in [-0.05, 0) is 132 Å². The lowest BCUT2D eigenvalue weighted by Gasteiger charge is -2.27. The SMILES string of the molecule is COC(=O)/C=C/c1ccc(N(c2ccccc2)c2ccc(-c3ccc(N(c4ccccc4)c4ccc(/C=C/C(=O)OC)c(C)c4)cc3)cc2)cc1C. The minimum absolute atomic E-state index is 0.384. The summed E-state index contributed by atoms with van der Waals surface area (Å²) < 4.78 is 9.52. The molecule has 6 nitrogen and oxygen atoms in total. The van der Waals surface area contributed by atoms with E-state index >= 15 is 0 Å². The Morgan fingerprint density at radius 1 is 0.442 bits per heavy atom. The lowest BCUT2D eigenvalue weighted by Crippen LogP contribution is -2.10. The zero-order chi connectivity index (χ0) is 36.5. The van der Waals surface area contributed by atoms with Crippen LogP contribution in [0.5, 0.6) is 0 Å². The van der Waals surface area contributed by atoms with E-state index < -0.39 is 0 Å². The van der Waals surface area contributed by atoms with Gasteiger partial charge in [0.2, 0.25) is 0 Å². The quantitative estimate of drug-likeness (QED) is 0.1000. The first-order chi connectivity index (χ1) is 25.3.